The van der Waals surface area contributed by atoms with Crippen LogP contribution < -0.4 is 0 Å². The number of Topliss-reactive ketones (excluding diaryl/α,β-unsaturated/α-hetero) is 1. The van der Waals surface area contributed by atoms with Crippen molar-refractivity contribution in [3.63, 3.8) is 0 Å². The molecule has 0 aliphatic carbocycles. The summed E-state index contributed by atoms with van der Waals surface area (Å²) in [6.07, 6.45) is 2.57. The second-order valence-electron chi connectivity index (χ2n) is 3.21. The lowest BCUT2D eigenvalue weighted by molar-refractivity contribution is -0.127. The van der Waals surface area contributed by atoms with Crippen molar-refractivity contribution in [2.75, 3.05) is 13.1 Å². The van der Waals surface area contributed by atoms with Crippen LogP contribution in [0.25, 0.3) is 0 Å². The number of nitrogens with zero attached hydrogens (tertiary/aromatic N) is 2. The minimum atomic E-state index is -0.0495. The number of carbonyl (C=O) groups excluding carboxylic acids is 2. The van der Waals surface area contributed by atoms with Gasteiger partial charge in [-0.15, -0.1) is 11.3 Å². The van der Waals surface area contributed by atoms with Crippen LogP contribution in [0, 0.1) is 0 Å². The number of hydrogen-bond acceptors (Lipinski definition) is 4. The average Bonchev–Trinajstić information content (AvgIpc) is 2.72. The zero-order valence-electron chi connectivity index (χ0n) is 7.60. The van der Waals surface area contributed by atoms with Gasteiger partial charge in [0.1, 0.15) is 0 Å². The van der Waals surface area contributed by atoms with Crippen molar-refractivity contribution in [1.82, 2.24) is 9.88 Å². The smallest absolute Gasteiger partial charge is 0.230 e. The average molecular weight is 210 g/mol. The molecule has 1 saturated heterocycles. The molecule has 4 nitrogen and oxygen atoms in total. The zero-order valence-corrected chi connectivity index (χ0v) is 8.42. The molecule has 14 heavy (non-hydrogen) atoms. The van der Waals surface area contributed by atoms with Gasteiger partial charge in [0.15, 0.2) is 5.78 Å². The van der Waals surface area contributed by atoms with E-state index in [2.05, 4.69) is 4.98 Å². The first kappa shape index (κ1) is 9.33. The molecule has 0 unspecified atom stereocenters. The molecule has 0 bridgehead atoms. The molecule has 0 N–H and O–H groups in total. The summed E-state index contributed by atoms with van der Waals surface area (Å²) in [5, 5.41) is 2.92. The first-order valence-corrected chi connectivity index (χ1v) is 5.31. The zero-order chi connectivity index (χ0) is 9.97. The van der Waals surface area contributed by atoms with E-state index < -0.39 is 0 Å². The van der Waals surface area contributed by atoms with Crippen LogP contribution in [0.5, 0.6) is 0 Å². The number of hydrogen-bond donors (Lipinski definition) is 0. The molecular weight excluding hydrogens is 200 g/mol. The topological polar surface area (TPSA) is 50.3 Å². The molecule has 0 aromatic carbocycles. The molecule has 1 aliphatic rings. The quantitative estimate of drug-likeness (QED) is 0.682. The van der Waals surface area contributed by atoms with Gasteiger partial charge in [0.2, 0.25) is 5.91 Å². The summed E-state index contributed by atoms with van der Waals surface area (Å²) < 4.78 is 0. The number of thiazole rings is 1. The highest BCUT2D eigenvalue weighted by molar-refractivity contribution is 7.09. The molecule has 0 spiro atoms. The molecule has 2 rings (SSSR count). The van der Waals surface area contributed by atoms with E-state index in [-0.39, 0.29) is 24.7 Å². The Morgan fingerprint density at radius 1 is 1.50 bits per heavy atom. The summed E-state index contributed by atoms with van der Waals surface area (Å²) in [5.41, 5.74) is 0. The Balaban J connectivity index is 1.87. The van der Waals surface area contributed by atoms with Gasteiger partial charge in [0, 0.05) is 24.5 Å². The van der Waals surface area contributed by atoms with Gasteiger partial charge in [-0.2, -0.15) is 0 Å². The predicted octanol–water partition coefficient (Wildman–Crippen LogP) is 0.487. The molecule has 1 aromatic rings. The molecule has 1 aromatic heterocycles. The fourth-order valence-electron chi connectivity index (χ4n) is 1.45. The van der Waals surface area contributed by atoms with Gasteiger partial charge in [-0.05, 0) is 0 Å². The van der Waals surface area contributed by atoms with Crippen molar-refractivity contribution in [3.8, 4) is 0 Å². The Morgan fingerprint density at radius 2 is 2.36 bits per heavy atom. The summed E-state index contributed by atoms with van der Waals surface area (Å²) >= 11 is 1.57. The monoisotopic (exact) mass is 210 g/mol. The maximum Gasteiger partial charge on any atom is 0.230 e. The van der Waals surface area contributed by atoms with Crippen LogP contribution >= 0.6 is 11.3 Å². The summed E-state index contributed by atoms with van der Waals surface area (Å²) in [4.78, 5) is 27.9. The van der Waals surface area contributed by atoms with Crippen LogP contribution in [0.1, 0.15) is 11.4 Å². The lowest BCUT2D eigenvalue weighted by atomic mass is 10.3. The molecule has 0 saturated carbocycles. The lowest BCUT2D eigenvalue weighted by Crippen LogP contribution is -2.27. The van der Waals surface area contributed by atoms with Gasteiger partial charge in [-0.3, -0.25) is 9.59 Å². The van der Waals surface area contributed by atoms with Crippen molar-refractivity contribution in [1.29, 1.82) is 0 Å². The van der Waals surface area contributed by atoms with E-state index in [1.165, 1.54) is 0 Å². The number of ketones is 1. The Labute approximate surface area is 85.6 Å². The number of carbonyl (C=O) groups is 2. The second kappa shape index (κ2) is 3.88. The molecule has 1 aliphatic heterocycles. The van der Waals surface area contributed by atoms with E-state index >= 15 is 0 Å². The van der Waals surface area contributed by atoms with Crippen LogP contribution in [-0.2, 0) is 16.0 Å². The fourth-order valence-corrected chi connectivity index (χ4v) is 2.06. The maximum atomic E-state index is 11.2. The molecule has 1 amide bonds. The van der Waals surface area contributed by atoms with E-state index in [9.17, 15) is 9.59 Å². The van der Waals surface area contributed by atoms with Crippen LogP contribution in [-0.4, -0.2) is 34.7 Å². The Bertz CT molecular complexity index is 348. The highest BCUT2D eigenvalue weighted by Crippen LogP contribution is 2.10. The third-order valence-electron chi connectivity index (χ3n) is 2.15. The number of aromatic nitrogens is 1. The predicted molar refractivity (Wildman–Crippen MR) is 52.0 cm³/mol. The molecule has 1 fully saturated rings. The largest absolute Gasteiger partial charge is 0.335 e. The van der Waals surface area contributed by atoms with Crippen molar-refractivity contribution in [2.45, 2.75) is 12.8 Å². The van der Waals surface area contributed by atoms with Crippen LogP contribution in [0.3, 0.4) is 0 Å². The first-order chi connectivity index (χ1) is 6.75. The summed E-state index contributed by atoms with van der Waals surface area (Å²) in [7, 11) is 0. The van der Waals surface area contributed by atoms with Crippen LogP contribution in [0.15, 0.2) is 11.6 Å². The molecule has 74 valence electrons. The normalized spacial score (nSPS) is 16.7. The number of rotatable bonds is 3. The van der Waals surface area contributed by atoms with Gasteiger partial charge in [-0.25, -0.2) is 4.98 Å². The van der Waals surface area contributed by atoms with E-state index in [1.807, 2.05) is 5.38 Å². The third kappa shape index (κ3) is 1.98. The molecule has 0 radical (unpaired) electrons. The Hall–Kier alpha value is -1.23. The van der Waals surface area contributed by atoms with E-state index in [1.54, 1.807) is 22.4 Å². The number of likely N-dealkylation sites (tertiary alicyclic amines) is 1. The van der Waals surface area contributed by atoms with Gasteiger partial charge < -0.3 is 4.90 Å². The highest BCUT2D eigenvalue weighted by Gasteiger charge is 2.26. The van der Waals surface area contributed by atoms with E-state index in [4.69, 9.17) is 0 Å². The minimum absolute atomic E-state index is 0.0224. The third-order valence-corrected chi connectivity index (χ3v) is 2.99. The maximum absolute atomic E-state index is 11.2. The van der Waals surface area contributed by atoms with Crippen molar-refractivity contribution < 1.29 is 9.59 Å². The van der Waals surface area contributed by atoms with Gasteiger partial charge in [-0.1, -0.05) is 0 Å². The van der Waals surface area contributed by atoms with Crippen molar-refractivity contribution >= 4 is 23.0 Å². The van der Waals surface area contributed by atoms with Gasteiger partial charge >= 0.3 is 0 Å². The Kier molecular flexibility index (Phi) is 2.58. The molecule has 5 heteroatoms. The molecule has 0 atom stereocenters. The Morgan fingerprint density at radius 3 is 2.93 bits per heavy atom. The summed E-state index contributed by atoms with van der Waals surface area (Å²) in [6, 6.07) is 0. The minimum Gasteiger partial charge on any atom is -0.335 e. The van der Waals surface area contributed by atoms with Crippen molar-refractivity contribution in [2.24, 2.45) is 0 Å². The van der Waals surface area contributed by atoms with Gasteiger partial charge in [0.25, 0.3) is 0 Å². The molecule has 2 heterocycles. The number of amides is 1. The first-order valence-electron chi connectivity index (χ1n) is 4.43. The fraction of sp³-hybridized carbons (Fsp3) is 0.444. The standard InChI is InChI=1S/C9H10N2O2S/c12-7-5-9(13)11(6-7)3-1-8-10-2-4-14-8/h2,4H,1,3,5-6H2. The van der Waals surface area contributed by atoms with Crippen molar-refractivity contribution in [3.05, 3.63) is 16.6 Å². The SMILES string of the molecule is O=C1CC(=O)N(CCc2nccs2)C1. The summed E-state index contributed by atoms with van der Waals surface area (Å²) in [5.74, 6) is -0.0271. The second-order valence-corrected chi connectivity index (χ2v) is 4.19. The lowest BCUT2D eigenvalue weighted by Gasteiger charge is -2.12. The highest BCUT2D eigenvalue weighted by atomic mass is 32.1. The van der Waals surface area contributed by atoms with Crippen LogP contribution in [0.2, 0.25) is 0 Å². The van der Waals surface area contributed by atoms with Crippen LogP contribution in [0.4, 0.5) is 0 Å². The van der Waals surface area contributed by atoms with E-state index in [0.717, 1.165) is 11.4 Å². The van der Waals surface area contributed by atoms with E-state index in [0.29, 0.717) is 6.54 Å². The van der Waals surface area contributed by atoms with Gasteiger partial charge in [0.05, 0.1) is 18.0 Å². The summed E-state index contributed by atoms with van der Waals surface area (Å²) in [6.45, 7) is 0.891. The molecular formula is C9H10N2O2S.